The largest absolute Gasteiger partial charge is 0.481 e. The van der Waals surface area contributed by atoms with Gasteiger partial charge in [0.1, 0.15) is 0 Å². The highest BCUT2D eigenvalue weighted by Crippen LogP contribution is 2.32. The molecule has 1 aromatic rings. The Labute approximate surface area is 97.4 Å². The summed E-state index contributed by atoms with van der Waals surface area (Å²) in [5.74, 6) is -1.64. The summed E-state index contributed by atoms with van der Waals surface area (Å²) < 4.78 is 29.8. The lowest BCUT2D eigenvalue weighted by Gasteiger charge is -2.09. The summed E-state index contributed by atoms with van der Waals surface area (Å²) in [6.07, 6.45) is -2.75. The van der Waals surface area contributed by atoms with Gasteiger partial charge in [-0.25, -0.2) is 18.6 Å². The van der Waals surface area contributed by atoms with E-state index in [0.29, 0.717) is 0 Å². The lowest BCUT2D eigenvalue weighted by Crippen LogP contribution is -2.06. The molecule has 0 saturated carbocycles. The van der Waals surface area contributed by atoms with Crippen molar-refractivity contribution in [2.45, 2.75) is 6.43 Å². The van der Waals surface area contributed by atoms with Gasteiger partial charge in [0, 0.05) is 3.57 Å². The second-order valence-electron chi connectivity index (χ2n) is 2.52. The monoisotopic (exact) mass is 329 g/mol. The molecule has 0 amide bonds. The molecular weight excluding hydrogens is 323 g/mol. The number of aromatic nitrogens is 1. The van der Waals surface area contributed by atoms with Gasteiger partial charge in [-0.05, 0) is 28.7 Å². The summed E-state index contributed by atoms with van der Waals surface area (Å²) in [4.78, 5) is 14.1. The number of carbonyl (C=O) groups is 1. The molecule has 1 rings (SSSR count). The van der Waals surface area contributed by atoms with Crippen LogP contribution in [0, 0.1) is 3.57 Å². The number of ether oxygens (including phenoxy) is 1. The van der Waals surface area contributed by atoms with Gasteiger partial charge >= 0.3 is 5.97 Å². The summed E-state index contributed by atoms with van der Waals surface area (Å²) in [6, 6.07) is 1.08. The molecule has 0 aliphatic carbocycles. The number of methoxy groups -OCH3 is 1. The topological polar surface area (TPSA) is 59.4 Å². The van der Waals surface area contributed by atoms with Crippen LogP contribution in [-0.4, -0.2) is 23.2 Å². The van der Waals surface area contributed by atoms with E-state index in [0.717, 1.165) is 13.2 Å². The molecule has 4 nitrogen and oxygen atoms in total. The predicted molar refractivity (Wildman–Crippen MR) is 55.4 cm³/mol. The molecule has 1 heterocycles. The van der Waals surface area contributed by atoms with Crippen molar-refractivity contribution < 1.29 is 23.4 Å². The molecule has 1 aromatic heterocycles. The van der Waals surface area contributed by atoms with Crippen molar-refractivity contribution in [2.75, 3.05) is 7.11 Å². The smallest absolute Gasteiger partial charge is 0.354 e. The van der Waals surface area contributed by atoms with Crippen LogP contribution in [0.15, 0.2) is 6.07 Å². The Morgan fingerprint density at radius 2 is 2.27 bits per heavy atom. The Morgan fingerprint density at radius 1 is 1.67 bits per heavy atom. The SMILES string of the molecule is COc1nc(C(=O)O)cc(I)c1C(F)F. The molecule has 0 radical (unpaired) electrons. The van der Waals surface area contributed by atoms with Crippen LogP contribution in [-0.2, 0) is 0 Å². The minimum absolute atomic E-state index is 0.117. The summed E-state index contributed by atoms with van der Waals surface area (Å²) in [5, 5.41) is 8.65. The van der Waals surface area contributed by atoms with Crippen LogP contribution in [0.5, 0.6) is 5.88 Å². The molecule has 7 heteroatoms. The Bertz CT molecular complexity index is 398. The quantitative estimate of drug-likeness (QED) is 0.865. The minimum atomic E-state index is -2.75. The molecule has 0 spiro atoms. The average Bonchev–Trinajstić information content (AvgIpc) is 2.15. The first-order valence-corrected chi connectivity index (χ1v) is 4.81. The molecule has 1 N–H and O–H groups in total. The van der Waals surface area contributed by atoms with Crippen molar-refractivity contribution >= 4 is 28.6 Å². The fraction of sp³-hybridized carbons (Fsp3) is 0.250. The van der Waals surface area contributed by atoms with Crippen molar-refractivity contribution in [2.24, 2.45) is 0 Å². The number of aromatic carboxylic acids is 1. The maximum absolute atomic E-state index is 12.5. The fourth-order valence-corrected chi connectivity index (χ4v) is 1.73. The number of hydrogen-bond acceptors (Lipinski definition) is 3. The van der Waals surface area contributed by atoms with Gasteiger partial charge in [-0.1, -0.05) is 0 Å². The normalized spacial score (nSPS) is 10.5. The molecule has 0 unspecified atom stereocenters. The standard InChI is InChI=1S/C8H6F2INO3/c1-15-7-5(6(9)10)3(11)2-4(12-7)8(13)14/h2,6H,1H3,(H,13,14). The van der Waals surface area contributed by atoms with E-state index < -0.39 is 12.4 Å². The van der Waals surface area contributed by atoms with Gasteiger partial charge in [0.05, 0.1) is 12.7 Å². The predicted octanol–water partition coefficient (Wildman–Crippen LogP) is 2.33. The Morgan fingerprint density at radius 3 is 2.67 bits per heavy atom. The third-order valence-corrected chi connectivity index (χ3v) is 2.50. The molecule has 15 heavy (non-hydrogen) atoms. The van der Waals surface area contributed by atoms with Gasteiger partial charge in [-0.3, -0.25) is 0 Å². The molecule has 0 atom stereocenters. The highest BCUT2D eigenvalue weighted by Gasteiger charge is 2.22. The first-order valence-electron chi connectivity index (χ1n) is 3.73. The van der Waals surface area contributed by atoms with Gasteiger partial charge < -0.3 is 9.84 Å². The Balaban J connectivity index is 3.37. The van der Waals surface area contributed by atoms with Crippen LogP contribution in [0.3, 0.4) is 0 Å². The number of alkyl halides is 2. The van der Waals surface area contributed by atoms with Crippen LogP contribution < -0.4 is 4.74 Å². The molecule has 0 aliphatic heterocycles. The zero-order valence-corrected chi connectivity index (χ0v) is 9.66. The van der Waals surface area contributed by atoms with Gasteiger partial charge in [0.15, 0.2) is 5.69 Å². The minimum Gasteiger partial charge on any atom is -0.481 e. The van der Waals surface area contributed by atoms with Crippen LogP contribution in [0.1, 0.15) is 22.5 Å². The summed E-state index contributed by atoms with van der Waals surface area (Å²) >= 11 is 1.62. The van der Waals surface area contributed by atoms with Crippen LogP contribution in [0.2, 0.25) is 0 Å². The van der Waals surface area contributed by atoms with Crippen LogP contribution in [0.4, 0.5) is 8.78 Å². The number of nitrogens with zero attached hydrogens (tertiary/aromatic N) is 1. The van der Waals surface area contributed by atoms with Crippen LogP contribution >= 0.6 is 22.6 Å². The number of carboxylic acids is 1. The van der Waals surface area contributed by atoms with E-state index >= 15 is 0 Å². The van der Waals surface area contributed by atoms with Gasteiger partial charge in [0.2, 0.25) is 5.88 Å². The fourth-order valence-electron chi connectivity index (χ4n) is 0.965. The van der Waals surface area contributed by atoms with Gasteiger partial charge in [0.25, 0.3) is 6.43 Å². The summed E-state index contributed by atoms with van der Waals surface area (Å²) in [6.45, 7) is 0. The maximum atomic E-state index is 12.5. The number of halogens is 3. The Kier molecular flexibility index (Phi) is 3.77. The van der Waals surface area contributed by atoms with Gasteiger partial charge in [-0.2, -0.15) is 0 Å². The van der Waals surface area contributed by atoms with E-state index in [4.69, 9.17) is 5.11 Å². The number of hydrogen-bond donors (Lipinski definition) is 1. The lowest BCUT2D eigenvalue weighted by atomic mass is 10.2. The van der Waals surface area contributed by atoms with E-state index in [-0.39, 0.29) is 20.7 Å². The molecule has 0 bridgehead atoms. The van der Waals surface area contributed by atoms with E-state index in [1.54, 1.807) is 22.6 Å². The second-order valence-corrected chi connectivity index (χ2v) is 3.68. The third kappa shape index (κ3) is 2.52. The number of carboxylic acid groups (broad SMARTS) is 1. The molecule has 0 aliphatic rings. The zero-order chi connectivity index (χ0) is 11.6. The Hall–Kier alpha value is -0.990. The van der Waals surface area contributed by atoms with Crippen molar-refractivity contribution in [3.8, 4) is 5.88 Å². The third-order valence-electron chi connectivity index (χ3n) is 1.60. The highest BCUT2D eigenvalue weighted by molar-refractivity contribution is 14.1. The van der Waals surface area contributed by atoms with Crippen molar-refractivity contribution in [1.82, 2.24) is 4.98 Å². The van der Waals surface area contributed by atoms with E-state index in [1.807, 2.05) is 0 Å². The average molecular weight is 329 g/mol. The number of pyridine rings is 1. The molecule has 0 aromatic carbocycles. The summed E-state index contributed by atoms with van der Waals surface area (Å²) in [5.41, 5.74) is -0.705. The molecular formula is C8H6F2INO3. The first-order chi connectivity index (χ1) is 6.97. The molecule has 0 saturated heterocycles. The maximum Gasteiger partial charge on any atom is 0.354 e. The van der Waals surface area contributed by atoms with E-state index in [1.165, 1.54) is 0 Å². The first kappa shape index (κ1) is 12.1. The molecule has 82 valence electrons. The van der Waals surface area contributed by atoms with Crippen molar-refractivity contribution in [3.05, 3.63) is 20.9 Å². The highest BCUT2D eigenvalue weighted by atomic mass is 127. The molecule has 0 fully saturated rings. The second kappa shape index (κ2) is 4.69. The van der Waals surface area contributed by atoms with E-state index in [9.17, 15) is 13.6 Å². The van der Waals surface area contributed by atoms with Crippen LogP contribution in [0.25, 0.3) is 0 Å². The van der Waals surface area contributed by atoms with Gasteiger partial charge in [-0.15, -0.1) is 0 Å². The van der Waals surface area contributed by atoms with E-state index in [2.05, 4.69) is 9.72 Å². The van der Waals surface area contributed by atoms with Crippen molar-refractivity contribution in [3.63, 3.8) is 0 Å². The lowest BCUT2D eigenvalue weighted by molar-refractivity contribution is 0.0688. The number of rotatable bonds is 3. The zero-order valence-electron chi connectivity index (χ0n) is 7.50. The summed E-state index contributed by atoms with van der Waals surface area (Å²) in [7, 11) is 1.16. The van der Waals surface area contributed by atoms with Crippen molar-refractivity contribution in [1.29, 1.82) is 0 Å².